The van der Waals surface area contributed by atoms with Gasteiger partial charge in [0, 0.05) is 30.8 Å². The normalized spacial score (nSPS) is 20.4. The lowest BCUT2D eigenvalue weighted by atomic mass is 10.0. The lowest BCUT2D eigenvalue weighted by molar-refractivity contribution is -0.142. The van der Waals surface area contributed by atoms with Gasteiger partial charge in [0.25, 0.3) is 11.8 Å². The first-order valence-corrected chi connectivity index (χ1v) is 13.4. The Morgan fingerprint density at radius 3 is 2.55 bits per heavy atom. The molecule has 0 bridgehead atoms. The zero-order chi connectivity index (χ0) is 28.1. The van der Waals surface area contributed by atoms with Crippen molar-refractivity contribution >= 4 is 11.8 Å². The monoisotopic (exact) mass is 527 g/mol. The summed E-state index contributed by atoms with van der Waals surface area (Å²) in [5.41, 5.74) is 3.20. The van der Waals surface area contributed by atoms with Crippen molar-refractivity contribution in [3.8, 4) is 0 Å². The number of carbonyl (C=O) groups is 2. The molecule has 0 fully saturated rings. The summed E-state index contributed by atoms with van der Waals surface area (Å²) in [5, 5.41) is 7.51. The largest absolute Gasteiger partial charge is 0.483 e. The van der Waals surface area contributed by atoms with Gasteiger partial charge in [-0.3, -0.25) is 14.4 Å². The molecule has 2 N–H and O–H groups in total. The Labute approximate surface area is 226 Å². The van der Waals surface area contributed by atoms with Gasteiger partial charge in [-0.1, -0.05) is 51.2 Å². The number of nitrogens with one attached hydrogen (secondary N) is 2. The highest BCUT2D eigenvalue weighted by molar-refractivity contribution is 5.96. The van der Waals surface area contributed by atoms with Crippen LogP contribution in [0.5, 0.6) is 0 Å². The van der Waals surface area contributed by atoms with Crippen LogP contribution in [-0.4, -0.2) is 49.2 Å². The molecule has 2 amide bonds. The van der Waals surface area contributed by atoms with E-state index in [0.29, 0.717) is 55.1 Å². The third kappa shape index (κ3) is 9.26. The van der Waals surface area contributed by atoms with Gasteiger partial charge in [-0.05, 0) is 63.3 Å². The van der Waals surface area contributed by atoms with Crippen LogP contribution in [0, 0.1) is 0 Å². The molecule has 0 aliphatic carbocycles. The average Bonchev–Trinajstić information content (AvgIpc) is 2.89. The van der Waals surface area contributed by atoms with Crippen molar-refractivity contribution in [1.29, 1.82) is 0 Å². The van der Waals surface area contributed by atoms with Crippen molar-refractivity contribution in [2.75, 3.05) is 26.2 Å². The van der Waals surface area contributed by atoms with Crippen molar-refractivity contribution < 1.29 is 23.6 Å². The number of amides is 2. The van der Waals surface area contributed by atoms with Gasteiger partial charge in [-0.2, -0.15) is 5.06 Å². The summed E-state index contributed by atoms with van der Waals surface area (Å²) in [7, 11) is 0. The van der Waals surface area contributed by atoms with Crippen molar-refractivity contribution in [3.05, 3.63) is 82.1 Å². The molecule has 208 valence electrons. The van der Waals surface area contributed by atoms with Crippen LogP contribution in [0.1, 0.15) is 60.8 Å². The van der Waals surface area contributed by atoms with E-state index in [1.165, 1.54) is 6.92 Å². The van der Waals surface area contributed by atoms with Gasteiger partial charge >= 0.3 is 0 Å². The first kappa shape index (κ1) is 31.0. The molecule has 0 saturated heterocycles. The summed E-state index contributed by atoms with van der Waals surface area (Å²) < 4.78 is 20.3. The first-order chi connectivity index (χ1) is 18.2. The Kier molecular flexibility index (Phi) is 13.0. The molecule has 2 heterocycles. The smallest absolute Gasteiger partial charge is 0.265 e. The Bertz CT molecular complexity index is 1080. The van der Waals surface area contributed by atoms with Gasteiger partial charge < -0.3 is 15.4 Å². The Morgan fingerprint density at radius 2 is 1.97 bits per heavy atom. The summed E-state index contributed by atoms with van der Waals surface area (Å²) in [6, 6.07) is 0. The molecular weight excluding hydrogens is 485 g/mol. The predicted molar refractivity (Wildman–Crippen MR) is 149 cm³/mol. The number of hydrogen-bond acceptors (Lipinski definition) is 5. The van der Waals surface area contributed by atoms with E-state index in [-0.39, 0.29) is 24.2 Å². The van der Waals surface area contributed by atoms with Crippen LogP contribution in [0.2, 0.25) is 0 Å². The third-order valence-electron chi connectivity index (χ3n) is 5.99. The van der Waals surface area contributed by atoms with E-state index in [4.69, 9.17) is 9.57 Å². The quantitative estimate of drug-likeness (QED) is 0.260. The molecule has 0 saturated carbocycles. The molecule has 2 aliphatic rings. The van der Waals surface area contributed by atoms with Gasteiger partial charge in [0.15, 0.2) is 6.10 Å². The van der Waals surface area contributed by atoms with E-state index < -0.39 is 6.10 Å². The molecule has 2 aliphatic heterocycles. The van der Waals surface area contributed by atoms with E-state index in [2.05, 4.69) is 17.6 Å². The van der Waals surface area contributed by atoms with E-state index in [0.717, 1.165) is 17.6 Å². The lowest BCUT2D eigenvalue weighted by Crippen LogP contribution is -2.40. The number of nitrogens with zero attached hydrogens (tertiary/aromatic N) is 1. The number of hydroxylamine groups is 2. The van der Waals surface area contributed by atoms with Crippen LogP contribution < -0.4 is 10.6 Å². The zero-order valence-electron chi connectivity index (χ0n) is 23.5. The number of allylic oxidation sites excluding steroid dienone is 6. The van der Waals surface area contributed by atoms with E-state index in [9.17, 15) is 14.0 Å². The number of hydrogen-bond donors (Lipinski definition) is 2. The third-order valence-corrected chi connectivity index (χ3v) is 5.99. The molecule has 0 spiro atoms. The molecule has 8 heteroatoms. The predicted octanol–water partition coefficient (Wildman–Crippen LogP) is 5.48. The Morgan fingerprint density at radius 1 is 1.21 bits per heavy atom. The maximum absolute atomic E-state index is 14.5. The highest BCUT2D eigenvalue weighted by atomic mass is 19.1. The molecule has 0 aromatic carbocycles. The first-order valence-electron chi connectivity index (χ1n) is 13.4. The zero-order valence-corrected chi connectivity index (χ0v) is 23.5. The van der Waals surface area contributed by atoms with Crippen LogP contribution in [0.4, 0.5) is 4.39 Å². The maximum Gasteiger partial charge on any atom is 0.265 e. The Hall–Kier alpha value is -3.23. The minimum atomic E-state index is -0.472. The standard InChI is InChI=1S/C30H42FN3O4/c1-7-11-13-23(18-27-22(6)38-28(9-3)30(36)33-27)19-34-17-16-25(20-37-34)26(21(5)31)15-14-24(12-8-2)29(35)32-10-4/h11-16,18,28H,7-10,17,19-20H2,1-6H3,(H,32,35)(H,33,36)/b13-11+,15-14-,23-18+,24-12-,26-21-. The van der Waals surface area contributed by atoms with Gasteiger partial charge in [0.2, 0.25) is 0 Å². The molecular formula is C30H42FN3O4. The molecule has 0 aromatic rings. The van der Waals surface area contributed by atoms with E-state index >= 15 is 0 Å². The highest BCUT2D eigenvalue weighted by Gasteiger charge is 2.25. The number of rotatable bonds is 12. The van der Waals surface area contributed by atoms with Gasteiger partial charge in [-0.15, -0.1) is 0 Å². The molecule has 1 unspecified atom stereocenters. The highest BCUT2D eigenvalue weighted by Crippen LogP contribution is 2.24. The van der Waals surface area contributed by atoms with Crippen molar-refractivity contribution in [2.45, 2.75) is 66.9 Å². The minimum absolute atomic E-state index is 0.150. The summed E-state index contributed by atoms with van der Waals surface area (Å²) in [6.07, 6.45) is 14.7. The molecule has 7 nitrogen and oxygen atoms in total. The van der Waals surface area contributed by atoms with Crippen molar-refractivity contribution in [1.82, 2.24) is 15.7 Å². The second-order valence-corrected chi connectivity index (χ2v) is 9.04. The fourth-order valence-corrected chi connectivity index (χ4v) is 3.96. The van der Waals surface area contributed by atoms with Crippen LogP contribution in [0.3, 0.4) is 0 Å². The summed E-state index contributed by atoms with van der Waals surface area (Å²) in [6.45, 7) is 12.6. The maximum atomic E-state index is 14.5. The average molecular weight is 528 g/mol. The summed E-state index contributed by atoms with van der Waals surface area (Å²) in [5.74, 6) is -0.00702. The molecule has 2 rings (SSSR count). The van der Waals surface area contributed by atoms with Crippen LogP contribution >= 0.6 is 0 Å². The lowest BCUT2D eigenvalue weighted by Gasteiger charge is -2.28. The summed E-state index contributed by atoms with van der Waals surface area (Å²) in [4.78, 5) is 30.6. The van der Waals surface area contributed by atoms with Gasteiger partial charge in [-0.25, -0.2) is 4.39 Å². The fourth-order valence-electron chi connectivity index (χ4n) is 3.96. The molecule has 0 aromatic heterocycles. The molecule has 0 radical (unpaired) electrons. The number of halogens is 1. The van der Waals surface area contributed by atoms with E-state index in [1.54, 1.807) is 17.2 Å². The van der Waals surface area contributed by atoms with Crippen LogP contribution in [-0.2, 0) is 19.2 Å². The topological polar surface area (TPSA) is 79.9 Å². The SMILES string of the molecule is CC/C=C(/C=C\C(C1=CCN(CC(/C=C/CC)=C/C2=C(C)OC(CC)C(=O)N2)OC1)=C(/C)F)C(=O)NCC. The van der Waals surface area contributed by atoms with Crippen LogP contribution in [0.15, 0.2) is 82.1 Å². The molecule has 1 atom stereocenters. The second-order valence-electron chi connectivity index (χ2n) is 9.04. The number of ether oxygens (including phenoxy) is 1. The second kappa shape index (κ2) is 15.9. The van der Waals surface area contributed by atoms with E-state index in [1.807, 2.05) is 58.1 Å². The summed E-state index contributed by atoms with van der Waals surface area (Å²) >= 11 is 0. The van der Waals surface area contributed by atoms with Gasteiger partial charge in [0.1, 0.15) is 11.6 Å². The minimum Gasteiger partial charge on any atom is -0.483 e. The number of likely N-dealkylation sites (N-methyl/N-ethyl adjacent to an activating group) is 1. The molecule has 38 heavy (non-hydrogen) atoms. The fraction of sp³-hybridized carbons (Fsp3) is 0.467. The Balaban J connectivity index is 2.19. The number of carbonyl (C=O) groups excluding carboxylic acids is 2. The van der Waals surface area contributed by atoms with Crippen molar-refractivity contribution in [2.24, 2.45) is 0 Å². The van der Waals surface area contributed by atoms with Crippen LogP contribution in [0.25, 0.3) is 0 Å². The van der Waals surface area contributed by atoms with Gasteiger partial charge in [0.05, 0.1) is 12.3 Å². The van der Waals surface area contributed by atoms with Crippen molar-refractivity contribution in [3.63, 3.8) is 0 Å².